The second-order valence-corrected chi connectivity index (χ2v) is 6.93. The van der Waals surface area contributed by atoms with Crippen LogP contribution in [0.1, 0.15) is 29.6 Å². The Hall–Kier alpha value is -2.54. The number of aromatic nitrogens is 3. The molecule has 0 spiro atoms. The number of hydrogen-bond acceptors (Lipinski definition) is 5. The Morgan fingerprint density at radius 3 is 2.76 bits per heavy atom. The van der Waals surface area contributed by atoms with Crippen LogP contribution in [0.2, 0.25) is 0 Å². The minimum absolute atomic E-state index is 0.0322. The lowest BCUT2D eigenvalue weighted by molar-refractivity contribution is 0.407. The third-order valence-electron chi connectivity index (χ3n) is 4.46. The van der Waals surface area contributed by atoms with Crippen LogP contribution in [0, 0.1) is 0 Å². The molecule has 0 saturated heterocycles. The standard InChI is InChI=1S/C18H18BrN5O/c1-25-14-4-2-3-12(9-14)16-10-15(11-5-7-13(19)8-6-11)21-18-22-17(20)23-24(16)18/h2-9,15-16H,10H2,1H3,(H3,20,21,22,23)/t15-,16+/m1/s1. The summed E-state index contributed by atoms with van der Waals surface area (Å²) in [5.41, 5.74) is 8.16. The average molecular weight is 400 g/mol. The van der Waals surface area contributed by atoms with Crippen molar-refractivity contribution >= 4 is 27.8 Å². The van der Waals surface area contributed by atoms with Crippen LogP contribution in [0.25, 0.3) is 0 Å². The van der Waals surface area contributed by atoms with Crippen molar-refractivity contribution in [2.45, 2.75) is 18.5 Å². The van der Waals surface area contributed by atoms with E-state index in [9.17, 15) is 0 Å². The number of hydrogen-bond donors (Lipinski definition) is 2. The number of methoxy groups -OCH3 is 1. The van der Waals surface area contributed by atoms with E-state index in [0.29, 0.717) is 5.95 Å². The van der Waals surface area contributed by atoms with Gasteiger partial charge in [0.25, 0.3) is 0 Å². The first-order chi connectivity index (χ1) is 12.1. The van der Waals surface area contributed by atoms with E-state index in [2.05, 4.69) is 49.5 Å². The minimum atomic E-state index is 0.0322. The molecule has 2 atom stereocenters. The van der Waals surface area contributed by atoms with Gasteiger partial charge >= 0.3 is 0 Å². The monoisotopic (exact) mass is 399 g/mol. The summed E-state index contributed by atoms with van der Waals surface area (Å²) in [5, 5.41) is 7.82. The lowest BCUT2D eigenvalue weighted by Crippen LogP contribution is -2.28. The summed E-state index contributed by atoms with van der Waals surface area (Å²) in [6.45, 7) is 0. The smallest absolute Gasteiger partial charge is 0.241 e. The number of fused-ring (bicyclic) bond motifs is 1. The van der Waals surface area contributed by atoms with Crippen LogP contribution in [0.15, 0.2) is 53.0 Å². The molecule has 0 saturated carbocycles. The predicted molar refractivity (Wildman–Crippen MR) is 101 cm³/mol. The highest BCUT2D eigenvalue weighted by atomic mass is 79.9. The van der Waals surface area contributed by atoms with Gasteiger partial charge in [-0.05, 0) is 41.8 Å². The zero-order valence-electron chi connectivity index (χ0n) is 13.7. The Morgan fingerprint density at radius 1 is 1.20 bits per heavy atom. The lowest BCUT2D eigenvalue weighted by atomic mass is 9.93. The molecule has 0 unspecified atom stereocenters. The number of halogens is 1. The van der Waals surface area contributed by atoms with E-state index in [1.165, 1.54) is 5.56 Å². The number of nitrogens with one attached hydrogen (secondary N) is 1. The van der Waals surface area contributed by atoms with E-state index in [4.69, 9.17) is 10.5 Å². The minimum Gasteiger partial charge on any atom is -0.497 e. The molecule has 4 rings (SSSR count). The number of rotatable bonds is 3. The van der Waals surface area contributed by atoms with Crippen LogP contribution >= 0.6 is 15.9 Å². The average Bonchev–Trinajstić information content (AvgIpc) is 3.01. The second kappa shape index (κ2) is 6.40. The summed E-state index contributed by atoms with van der Waals surface area (Å²) in [4.78, 5) is 4.34. The fraction of sp³-hybridized carbons (Fsp3) is 0.222. The Morgan fingerprint density at radius 2 is 2.00 bits per heavy atom. The van der Waals surface area contributed by atoms with Gasteiger partial charge in [-0.1, -0.05) is 40.2 Å². The Kier molecular flexibility index (Phi) is 4.09. The molecular formula is C18H18BrN5O. The number of nitrogens with zero attached hydrogens (tertiary/aromatic N) is 3. The first kappa shape index (κ1) is 16.0. The molecule has 1 aliphatic rings. The van der Waals surface area contributed by atoms with Gasteiger partial charge in [-0.25, -0.2) is 4.68 Å². The summed E-state index contributed by atoms with van der Waals surface area (Å²) in [5.74, 6) is 1.78. The molecule has 0 bridgehead atoms. The lowest BCUT2D eigenvalue weighted by Gasteiger charge is -2.31. The van der Waals surface area contributed by atoms with E-state index in [-0.39, 0.29) is 18.0 Å². The van der Waals surface area contributed by atoms with Crippen molar-refractivity contribution in [2.75, 3.05) is 18.2 Å². The van der Waals surface area contributed by atoms with E-state index in [1.54, 1.807) is 7.11 Å². The van der Waals surface area contributed by atoms with Crippen molar-refractivity contribution in [2.24, 2.45) is 0 Å². The third kappa shape index (κ3) is 3.07. The second-order valence-electron chi connectivity index (χ2n) is 6.01. The molecule has 0 radical (unpaired) electrons. The molecule has 1 aromatic heterocycles. The molecular weight excluding hydrogens is 382 g/mol. The Balaban J connectivity index is 1.75. The van der Waals surface area contributed by atoms with E-state index >= 15 is 0 Å². The molecule has 25 heavy (non-hydrogen) atoms. The van der Waals surface area contributed by atoms with Gasteiger partial charge in [0.15, 0.2) is 0 Å². The van der Waals surface area contributed by atoms with Crippen molar-refractivity contribution < 1.29 is 4.74 Å². The summed E-state index contributed by atoms with van der Waals surface area (Å²) >= 11 is 3.49. The van der Waals surface area contributed by atoms with Crippen molar-refractivity contribution in [3.8, 4) is 5.75 Å². The molecule has 3 aromatic rings. The fourth-order valence-electron chi connectivity index (χ4n) is 3.23. The molecule has 0 amide bonds. The quantitative estimate of drug-likeness (QED) is 0.700. The molecule has 3 N–H and O–H groups in total. The first-order valence-electron chi connectivity index (χ1n) is 8.02. The normalized spacial score (nSPS) is 19.1. The highest BCUT2D eigenvalue weighted by molar-refractivity contribution is 9.10. The van der Waals surface area contributed by atoms with Gasteiger partial charge in [-0.2, -0.15) is 4.98 Å². The van der Waals surface area contributed by atoms with Gasteiger partial charge in [-0.3, -0.25) is 0 Å². The SMILES string of the molecule is COc1cccc([C@@H]2C[C@H](c3ccc(Br)cc3)Nc3nc(N)nn32)c1. The topological polar surface area (TPSA) is 78.0 Å². The number of anilines is 2. The zero-order valence-corrected chi connectivity index (χ0v) is 15.3. The first-order valence-corrected chi connectivity index (χ1v) is 8.81. The fourth-order valence-corrected chi connectivity index (χ4v) is 3.50. The number of nitrogens with two attached hydrogens (primary N) is 1. The molecule has 128 valence electrons. The highest BCUT2D eigenvalue weighted by Gasteiger charge is 2.31. The number of benzene rings is 2. The van der Waals surface area contributed by atoms with Crippen molar-refractivity contribution in [1.82, 2.24) is 14.8 Å². The van der Waals surface area contributed by atoms with Gasteiger partial charge in [0.05, 0.1) is 19.2 Å². The number of ether oxygens (including phenoxy) is 1. The van der Waals surface area contributed by atoms with Crippen LogP contribution in [-0.2, 0) is 0 Å². The van der Waals surface area contributed by atoms with Crippen LogP contribution in [-0.4, -0.2) is 21.9 Å². The Labute approximate surface area is 154 Å². The molecule has 1 aliphatic heterocycles. The van der Waals surface area contributed by atoms with Crippen molar-refractivity contribution in [3.63, 3.8) is 0 Å². The molecule has 2 heterocycles. The largest absolute Gasteiger partial charge is 0.497 e. The molecule has 0 aliphatic carbocycles. The van der Waals surface area contributed by atoms with E-state index < -0.39 is 0 Å². The van der Waals surface area contributed by atoms with E-state index in [1.807, 2.05) is 35.0 Å². The maximum atomic E-state index is 5.84. The van der Waals surface area contributed by atoms with Crippen molar-refractivity contribution in [1.29, 1.82) is 0 Å². The van der Waals surface area contributed by atoms with Gasteiger partial charge in [0, 0.05) is 4.47 Å². The van der Waals surface area contributed by atoms with Crippen LogP contribution < -0.4 is 15.8 Å². The predicted octanol–water partition coefficient (Wildman–Crippen LogP) is 3.78. The molecule has 6 nitrogen and oxygen atoms in total. The van der Waals surface area contributed by atoms with Gasteiger partial charge in [-0.15, -0.1) is 5.10 Å². The molecule has 2 aromatic carbocycles. The van der Waals surface area contributed by atoms with Crippen molar-refractivity contribution in [3.05, 3.63) is 64.1 Å². The maximum Gasteiger partial charge on any atom is 0.241 e. The zero-order chi connectivity index (χ0) is 17.4. The van der Waals surface area contributed by atoms with Crippen LogP contribution in [0.5, 0.6) is 5.75 Å². The third-order valence-corrected chi connectivity index (χ3v) is 4.98. The van der Waals surface area contributed by atoms with E-state index in [0.717, 1.165) is 22.2 Å². The van der Waals surface area contributed by atoms with Gasteiger partial charge in [0.1, 0.15) is 5.75 Å². The summed E-state index contributed by atoms with van der Waals surface area (Å²) in [7, 11) is 1.67. The molecule has 7 heteroatoms. The Bertz CT molecular complexity index is 893. The summed E-state index contributed by atoms with van der Waals surface area (Å²) < 4.78 is 8.29. The van der Waals surface area contributed by atoms with Crippen LogP contribution in [0.3, 0.4) is 0 Å². The van der Waals surface area contributed by atoms with Gasteiger partial charge in [0.2, 0.25) is 11.9 Å². The molecule has 0 fully saturated rings. The van der Waals surface area contributed by atoms with Crippen LogP contribution in [0.4, 0.5) is 11.9 Å². The summed E-state index contributed by atoms with van der Waals surface area (Å²) in [6.07, 6.45) is 0.838. The van der Waals surface area contributed by atoms with Gasteiger partial charge < -0.3 is 15.8 Å². The number of nitrogen functional groups attached to an aromatic ring is 1. The highest BCUT2D eigenvalue weighted by Crippen LogP contribution is 2.38. The summed E-state index contributed by atoms with van der Waals surface area (Å²) in [6, 6.07) is 16.5. The maximum absolute atomic E-state index is 5.84.